The van der Waals surface area contributed by atoms with E-state index in [2.05, 4.69) is 0 Å². The van der Waals surface area contributed by atoms with Crippen molar-refractivity contribution < 1.29 is 29.1 Å². The highest BCUT2D eigenvalue weighted by molar-refractivity contribution is 5.79. The van der Waals surface area contributed by atoms with Crippen LogP contribution in [0.2, 0.25) is 0 Å². The molecule has 0 aliphatic heterocycles. The molecule has 0 aromatic heterocycles. The largest absolute Gasteiger partial charge is 0.466 e. The maximum atomic E-state index is 11.7. The molecule has 0 aliphatic carbocycles. The van der Waals surface area contributed by atoms with Crippen LogP contribution in [0, 0.1) is 10.1 Å². The second-order valence-electron chi connectivity index (χ2n) is 4.76. The average Bonchev–Trinajstić information content (AvgIpc) is 2.52. The smallest absolute Gasteiger partial charge is 0.313 e. The number of nitrogens with zero attached hydrogens (tertiary/aromatic N) is 1. The molecule has 0 fully saturated rings. The quantitative estimate of drug-likeness (QED) is 0.336. The number of hydrogen-bond donors (Lipinski definition) is 1. The monoisotopic (exact) mass is 325 g/mol. The summed E-state index contributed by atoms with van der Waals surface area (Å²) in [5, 5.41) is 19.8. The number of benzene rings is 1. The molecule has 126 valence electrons. The molecule has 0 bridgehead atoms. The third-order valence-corrected chi connectivity index (χ3v) is 3.08. The van der Waals surface area contributed by atoms with E-state index in [4.69, 9.17) is 14.6 Å². The summed E-state index contributed by atoms with van der Waals surface area (Å²) in [5.74, 6) is -2.03. The maximum Gasteiger partial charge on any atom is 0.313 e. The highest BCUT2D eigenvalue weighted by atomic mass is 16.6. The Balaban J connectivity index is 3.00. The van der Waals surface area contributed by atoms with E-state index >= 15 is 0 Å². The predicted octanol–water partition coefficient (Wildman–Crippen LogP) is 1.94. The third-order valence-electron chi connectivity index (χ3n) is 3.08. The van der Waals surface area contributed by atoms with Gasteiger partial charge < -0.3 is 14.6 Å². The van der Waals surface area contributed by atoms with E-state index in [0.717, 1.165) is 0 Å². The maximum absolute atomic E-state index is 11.7. The molecule has 8 nitrogen and oxygen atoms in total. The molecule has 1 atom stereocenters. The number of hydrogen-bond acceptors (Lipinski definition) is 7. The molecule has 1 aromatic carbocycles. The van der Waals surface area contributed by atoms with Gasteiger partial charge in [-0.15, -0.1) is 0 Å². The van der Waals surface area contributed by atoms with Crippen LogP contribution in [0.15, 0.2) is 18.2 Å². The SMILES string of the molecule is CCOC(=O)C(C)c1ccc(OC(=O)CCCO)c([N+](=O)[O-])c1. The molecule has 23 heavy (non-hydrogen) atoms. The zero-order valence-corrected chi connectivity index (χ0v) is 13.0. The van der Waals surface area contributed by atoms with Gasteiger partial charge in [-0.05, 0) is 31.9 Å². The zero-order valence-electron chi connectivity index (χ0n) is 13.0. The highest BCUT2D eigenvalue weighted by Gasteiger charge is 2.23. The first-order valence-corrected chi connectivity index (χ1v) is 7.17. The van der Waals surface area contributed by atoms with Crippen molar-refractivity contribution in [2.75, 3.05) is 13.2 Å². The average molecular weight is 325 g/mol. The van der Waals surface area contributed by atoms with Crippen molar-refractivity contribution in [3.05, 3.63) is 33.9 Å². The van der Waals surface area contributed by atoms with E-state index < -0.39 is 28.5 Å². The van der Waals surface area contributed by atoms with E-state index in [1.807, 2.05) is 0 Å². The van der Waals surface area contributed by atoms with Gasteiger partial charge in [-0.25, -0.2) is 0 Å². The molecule has 1 rings (SSSR count). The molecule has 0 amide bonds. The first-order chi connectivity index (χ1) is 10.9. The summed E-state index contributed by atoms with van der Waals surface area (Å²) >= 11 is 0. The lowest BCUT2D eigenvalue weighted by Crippen LogP contribution is -2.14. The molecule has 8 heteroatoms. The highest BCUT2D eigenvalue weighted by Crippen LogP contribution is 2.31. The zero-order chi connectivity index (χ0) is 17.4. The number of ether oxygens (including phenoxy) is 2. The minimum Gasteiger partial charge on any atom is -0.466 e. The topological polar surface area (TPSA) is 116 Å². The summed E-state index contributed by atoms with van der Waals surface area (Å²) in [6.07, 6.45) is 0.166. The minimum absolute atomic E-state index is 0.0470. The summed E-state index contributed by atoms with van der Waals surface area (Å²) in [5.41, 5.74) is -0.0127. The summed E-state index contributed by atoms with van der Waals surface area (Å²) < 4.78 is 9.82. The molecule has 0 spiro atoms. The van der Waals surface area contributed by atoms with Gasteiger partial charge in [0.1, 0.15) is 0 Å². The summed E-state index contributed by atoms with van der Waals surface area (Å²) in [4.78, 5) is 33.7. The predicted molar refractivity (Wildman–Crippen MR) is 80.1 cm³/mol. The van der Waals surface area contributed by atoms with E-state index in [1.54, 1.807) is 13.8 Å². The lowest BCUT2D eigenvalue weighted by atomic mass is 10.0. The lowest BCUT2D eigenvalue weighted by Gasteiger charge is -2.12. The van der Waals surface area contributed by atoms with Gasteiger partial charge in [-0.1, -0.05) is 6.07 Å². The van der Waals surface area contributed by atoms with E-state index in [1.165, 1.54) is 18.2 Å². The first kappa shape index (κ1) is 18.6. The van der Waals surface area contributed by atoms with Crippen LogP contribution in [0.25, 0.3) is 0 Å². The second-order valence-corrected chi connectivity index (χ2v) is 4.76. The Morgan fingerprint density at radius 3 is 2.65 bits per heavy atom. The van der Waals surface area contributed by atoms with Crippen molar-refractivity contribution in [1.29, 1.82) is 0 Å². The fourth-order valence-corrected chi connectivity index (χ4v) is 1.83. The van der Waals surface area contributed by atoms with Gasteiger partial charge in [0.25, 0.3) is 0 Å². The van der Waals surface area contributed by atoms with Crippen LogP contribution in [0.4, 0.5) is 5.69 Å². The third kappa shape index (κ3) is 5.33. The van der Waals surface area contributed by atoms with Gasteiger partial charge in [0.2, 0.25) is 5.75 Å². The summed E-state index contributed by atoms with van der Waals surface area (Å²) in [6, 6.07) is 3.94. The number of rotatable bonds is 8. The van der Waals surface area contributed by atoms with Crippen LogP contribution in [0.3, 0.4) is 0 Å². The molecular weight excluding hydrogens is 306 g/mol. The molecule has 0 saturated carbocycles. The molecule has 1 N–H and O–H groups in total. The standard InChI is InChI=1S/C15H19NO7/c1-3-22-15(19)10(2)11-6-7-13(12(9-11)16(20)21)23-14(18)5-4-8-17/h6-7,9-10,17H,3-5,8H2,1-2H3. The number of carbonyl (C=O) groups excluding carboxylic acids is 2. The molecular formula is C15H19NO7. The van der Waals surface area contributed by atoms with Crippen molar-refractivity contribution in [2.45, 2.75) is 32.6 Å². The van der Waals surface area contributed by atoms with Crippen LogP contribution in [0.5, 0.6) is 5.75 Å². The Morgan fingerprint density at radius 2 is 2.09 bits per heavy atom. The minimum atomic E-state index is -0.684. The number of esters is 2. The fraction of sp³-hybridized carbons (Fsp3) is 0.467. The Bertz CT molecular complexity index is 585. The lowest BCUT2D eigenvalue weighted by molar-refractivity contribution is -0.385. The Morgan fingerprint density at radius 1 is 1.39 bits per heavy atom. The van der Waals surface area contributed by atoms with Crippen LogP contribution in [0.1, 0.15) is 38.2 Å². The van der Waals surface area contributed by atoms with Gasteiger partial charge >= 0.3 is 17.6 Å². The van der Waals surface area contributed by atoms with E-state index in [0.29, 0.717) is 5.56 Å². The molecule has 0 aliphatic rings. The van der Waals surface area contributed by atoms with Gasteiger partial charge in [0, 0.05) is 19.1 Å². The van der Waals surface area contributed by atoms with Crippen molar-refractivity contribution in [3.8, 4) is 5.75 Å². The van der Waals surface area contributed by atoms with Gasteiger partial charge in [0.05, 0.1) is 17.4 Å². The molecule has 0 heterocycles. The van der Waals surface area contributed by atoms with Crippen molar-refractivity contribution >= 4 is 17.6 Å². The van der Waals surface area contributed by atoms with Crippen molar-refractivity contribution in [1.82, 2.24) is 0 Å². The fourth-order valence-electron chi connectivity index (χ4n) is 1.83. The van der Waals surface area contributed by atoms with Gasteiger partial charge in [0.15, 0.2) is 0 Å². The number of nitro benzene ring substituents is 1. The number of carbonyl (C=O) groups is 2. The molecule has 0 saturated heterocycles. The van der Waals surface area contributed by atoms with Crippen molar-refractivity contribution in [3.63, 3.8) is 0 Å². The van der Waals surface area contributed by atoms with Crippen LogP contribution in [-0.2, 0) is 14.3 Å². The number of nitro groups is 1. The normalized spacial score (nSPS) is 11.6. The van der Waals surface area contributed by atoms with Crippen molar-refractivity contribution in [2.24, 2.45) is 0 Å². The Labute approximate surface area is 133 Å². The first-order valence-electron chi connectivity index (χ1n) is 7.17. The van der Waals surface area contributed by atoms with Crippen LogP contribution < -0.4 is 4.74 Å². The summed E-state index contributed by atoms with van der Waals surface area (Å²) in [7, 11) is 0. The number of aliphatic hydroxyl groups is 1. The second kappa shape index (κ2) is 8.84. The Hall–Kier alpha value is -2.48. The van der Waals surface area contributed by atoms with Crippen LogP contribution >= 0.6 is 0 Å². The number of aliphatic hydroxyl groups excluding tert-OH is 1. The van der Waals surface area contributed by atoms with E-state index in [9.17, 15) is 19.7 Å². The Kier molecular flexibility index (Phi) is 7.14. The molecule has 1 unspecified atom stereocenters. The summed E-state index contributed by atoms with van der Waals surface area (Å²) in [6.45, 7) is 3.28. The van der Waals surface area contributed by atoms with E-state index in [-0.39, 0.29) is 31.8 Å². The molecule has 0 radical (unpaired) electrons. The van der Waals surface area contributed by atoms with Crippen LogP contribution in [-0.4, -0.2) is 35.2 Å². The van der Waals surface area contributed by atoms with Gasteiger partial charge in [-0.3, -0.25) is 19.7 Å². The van der Waals surface area contributed by atoms with Gasteiger partial charge in [-0.2, -0.15) is 0 Å². The molecule has 1 aromatic rings.